The van der Waals surface area contributed by atoms with Crippen LogP contribution in [-0.2, 0) is 11.0 Å². The van der Waals surface area contributed by atoms with Gasteiger partial charge >= 0.3 is 6.18 Å². The number of benzene rings is 1. The van der Waals surface area contributed by atoms with Crippen molar-refractivity contribution >= 4 is 23.3 Å². The summed E-state index contributed by atoms with van der Waals surface area (Å²) in [4.78, 5) is 16.2. The highest BCUT2D eigenvalue weighted by molar-refractivity contribution is 8.03. The molecule has 0 radical (unpaired) electrons. The zero-order valence-electron chi connectivity index (χ0n) is 13.1. The molecule has 1 N–H and O–H groups in total. The summed E-state index contributed by atoms with van der Waals surface area (Å²) in [6, 6.07) is 4.78. The predicted octanol–water partition coefficient (Wildman–Crippen LogP) is 3.94. The Morgan fingerprint density at radius 1 is 1.38 bits per heavy atom. The Labute approximate surface area is 142 Å². The van der Waals surface area contributed by atoms with E-state index in [2.05, 4.69) is 16.2 Å². The molecule has 0 spiro atoms. The maximum atomic E-state index is 12.7. The van der Waals surface area contributed by atoms with Gasteiger partial charge in [0.15, 0.2) is 5.78 Å². The van der Waals surface area contributed by atoms with Crippen LogP contribution in [0.5, 0.6) is 0 Å². The molecule has 0 aliphatic carbocycles. The fourth-order valence-corrected chi connectivity index (χ4v) is 3.16. The van der Waals surface area contributed by atoms with E-state index < -0.39 is 17.9 Å². The van der Waals surface area contributed by atoms with Crippen LogP contribution in [0, 0.1) is 12.3 Å². The second-order valence-corrected chi connectivity index (χ2v) is 6.12. The summed E-state index contributed by atoms with van der Waals surface area (Å²) in [7, 11) is 0. The number of halogens is 3. The molecule has 0 saturated carbocycles. The highest BCUT2D eigenvalue weighted by Gasteiger charge is 2.31. The van der Waals surface area contributed by atoms with Crippen molar-refractivity contribution in [2.24, 2.45) is 4.99 Å². The summed E-state index contributed by atoms with van der Waals surface area (Å²) in [5, 5.41) is 3.68. The molecular weight excluding hydrogens is 337 g/mol. The van der Waals surface area contributed by atoms with Gasteiger partial charge in [-0.25, -0.2) is 0 Å². The predicted molar refractivity (Wildman–Crippen MR) is 89.4 cm³/mol. The van der Waals surface area contributed by atoms with Crippen molar-refractivity contribution in [3.8, 4) is 12.3 Å². The number of ketones is 1. The largest absolute Gasteiger partial charge is 0.416 e. The van der Waals surface area contributed by atoms with Crippen LogP contribution in [0.15, 0.2) is 39.9 Å². The van der Waals surface area contributed by atoms with Gasteiger partial charge in [0, 0.05) is 5.71 Å². The van der Waals surface area contributed by atoms with Crippen molar-refractivity contribution < 1.29 is 18.0 Å². The number of thioether (sulfide) groups is 1. The molecule has 1 atom stereocenters. The molecule has 126 valence electrons. The van der Waals surface area contributed by atoms with Crippen molar-refractivity contribution in [1.82, 2.24) is 5.32 Å². The number of Topliss-reactive ketones (excluding diaryl/α,β-unsaturated/α-hetero) is 1. The number of hydrogen-bond donors (Lipinski definition) is 1. The minimum absolute atomic E-state index is 0.144. The smallest absolute Gasteiger partial charge is 0.354 e. The first-order valence-electron chi connectivity index (χ1n) is 7.04. The number of hydrogen-bond acceptors (Lipinski definition) is 4. The standard InChI is InChI=1S/C17H15F3N2OS/c1-4-9-24-16-14(11(3)23)10(2)21-15(22-16)12-5-7-13(8-6-12)17(18,19)20/h1,5-8,15,22H,9H2,2-3H3. The highest BCUT2D eigenvalue weighted by atomic mass is 32.2. The van der Waals surface area contributed by atoms with Crippen LogP contribution >= 0.6 is 11.8 Å². The van der Waals surface area contributed by atoms with Crippen molar-refractivity contribution in [3.63, 3.8) is 0 Å². The molecule has 0 aromatic heterocycles. The normalized spacial score (nSPS) is 17.8. The van der Waals surface area contributed by atoms with E-state index in [0.717, 1.165) is 12.1 Å². The molecule has 1 aliphatic heterocycles. The topological polar surface area (TPSA) is 41.5 Å². The minimum atomic E-state index is -4.38. The molecular formula is C17H15F3N2OS. The zero-order valence-corrected chi connectivity index (χ0v) is 13.9. The summed E-state index contributed by atoms with van der Waals surface area (Å²) in [6.07, 6.45) is 0.321. The van der Waals surface area contributed by atoms with Gasteiger partial charge < -0.3 is 5.32 Å². The highest BCUT2D eigenvalue weighted by Crippen LogP contribution is 2.32. The van der Waals surface area contributed by atoms with Crippen LogP contribution < -0.4 is 5.32 Å². The third-order valence-corrected chi connectivity index (χ3v) is 4.31. The van der Waals surface area contributed by atoms with Crippen molar-refractivity contribution in [1.29, 1.82) is 0 Å². The molecule has 1 unspecified atom stereocenters. The van der Waals surface area contributed by atoms with Crippen molar-refractivity contribution in [2.45, 2.75) is 26.2 Å². The molecule has 0 amide bonds. The SMILES string of the molecule is C#CCSC1=C(C(C)=O)C(C)=NC(c2ccc(C(F)(F)F)cc2)N1. The molecule has 0 fully saturated rings. The third-order valence-electron chi connectivity index (χ3n) is 3.39. The Morgan fingerprint density at radius 3 is 2.50 bits per heavy atom. The van der Waals surface area contributed by atoms with Crippen molar-refractivity contribution in [3.05, 3.63) is 46.0 Å². The average Bonchev–Trinajstić information content (AvgIpc) is 2.51. The van der Waals surface area contributed by atoms with Gasteiger partial charge in [-0.3, -0.25) is 9.79 Å². The van der Waals surface area contributed by atoms with E-state index in [4.69, 9.17) is 6.42 Å². The lowest BCUT2D eigenvalue weighted by Gasteiger charge is -2.26. The van der Waals surface area contributed by atoms with Crippen molar-refractivity contribution in [2.75, 3.05) is 5.75 Å². The van der Waals surface area contributed by atoms with Crippen LogP contribution in [0.3, 0.4) is 0 Å². The Balaban J connectivity index is 2.31. The second kappa shape index (κ2) is 7.14. The monoisotopic (exact) mass is 352 g/mol. The van der Waals surface area contributed by atoms with E-state index in [-0.39, 0.29) is 5.78 Å². The van der Waals surface area contributed by atoms with E-state index >= 15 is 0 Å². The van der Waals surface area contributed by atoms with E-state index in [9.17, 15) is 18.0 Å². The van der Waals surface area contributed by atoms with Gasteiger partial charge in [-0.2, -0.15) is 13.2 Å². The maximum absolute atomic E-state index is 12.7. The van der Waals surface area contributed by atoms with E-state index in [1.165, 1.54) is 30.8 Å². The van der Waals surface area contributed by atoms with Gasteiger partial charge in [0.1, 0.15) is 6.17 Å². The minimum Gasteiger partial charge on any atom is -0.354 e. The van der Waals surface area contributed by atoms with Crippen LogP contribution in [0.1, 0.15) is 31.1 Å². The van der Waals surface area contributed by atoms with Gasteiger partial charge in [0.25, 0.3) is 0 Å². The number of nitrogens with one attached hydrogen (secondary N) is 1. The number of nitrogens with zero attached hydrogens (tertiary/aromatic N) is 1. The Bertz CT molecular complexity index is 743. The first kappa shape index (κ1) is 18.1. The van der Waals surface area contributed by atoms with Gasteiger partial charge in [-0.1, -0.05) is 29.8 Å². The summed E-state index contributed by atoms with van der Waals surface area (Å²) in [6.45, 7) is 3.13. The first-order valence-corrected chi connectivity index (χ1v) is 8.02. The Kier molecular flexibility index (Phi) is 5.40. The summed E-state index contributed by atoms with van der Waals surface area (Å²) in [5.41, 5.74) is 0.845. The zero-order chi connectivity index (χ0) is 17.9. The number of carbonyl (C=O) groups excluding carboxylic acids is 1. The molecule has 1 aromatic rings. The number of rotatable bonds is 4. The maximum Gasteiger partial charge on any atom is 0.416 e. The fraction of sp³-hybridized carbons (Fsp3) is 0.294. The number of terminal acetylenes is 1. The molecule has 0 bridgehead atoms. The molecule has 7 heteroatoms. The van der Waals surface area contributed by atoms with Crippen LogP contribution in [0.2, 0.25) is 0 Å². The fourth-order valence-electron chi connectivity index (χ4n) is 2.31. The molecule has 3 nitrogen and oxygen atoms in total. The first-order chi connectivity index (χ1) is 11.2. The molecule has 1 aromatic carbocycles. The molecule has 24 heavy (non-hydrogen) atoms. The van der Waals surface area contributed by atoms with Crippen LogP contribution in [0.4, 0.5) is 13.2 Å². The Hall–Kier alpha value is -2.20. The number of allylic oxidation sites excluding steroid dienone is 1. The molecule has 0 saturated heterocycles. The molecule has 1 aliphatic rings. The van der Waals surface area contributed by atoms with E-state index in [1.807, 2.05) is 0 Å². The van der Waals surface area contributed by atoms with Gasteiger partial charge in [0.2, 0.25) is 0 Å². The second-order valence-electron chi connectivity index (χ2n) is 5.13. The van der Waals surface area contributed by atoms with Gasteiger partial charge in [0.05, 0.1) is 21.9 Å². The number of alkyl halides is 3. The lowest BCUT2D eigenvalue weighted by molar-refractivity contribution is -0.137. The third kappa shape index (κ3) is 4.01. The average molecular weight is 352 g/mol. The van der Waals surface area contributed by atoms with Gasteiger partial charge in [-0.15, -0.1) is 6.42 Å². The van der Waals surface area contributed by atoms with E-state index in [1.54, 1.807) is 6.92 Å². The Morgan fingerprint density at radius 2 is 2.00 bits per heavy atom. The van der Waals surface area contributed by atoms with Crippen LogP contribution in [-0.4, -0.2) is 17.2 Å². The summed E-state index contributed by atoms with van der Waals surface area (Å²) >= 11 is 1.29. The van der Waals surface area contributed by atoms with Crippen LogP contribution in [0.25, 0.3) is 0 Å². The lowest BCUT2D eigenvalue weighted by atomic mass is 10.0. The number of carbonyl (C=O) groups is 1. The molecule has 1 heterocycles. The summed E-state index contributed by atoms with van der Waals surface area (Å²) < 4.78 is 38.0. The van der Waals surface area contributed by atoms with Gasteiger partial charge in [-0.05, 0) is 31.5 Å². The lowest BCUT2D eigenvalue weighted by Crippen LogP contribution is -2.29. The number of aliphatic imine (C=N–C) groups is 1. The molecule has 2 rings (SSSR count). The quantitative estimate of drug-likeness (QED) is 0.835. The summed E-state index contributed by atoms with van der Waals surface area (Å²) in [5.74, 6) is 2.70. The van der Waals surface area contributed by atoms with E-state index in [0.29, 0.717) is 27.6 Å².